The lowest BCUT2D eigenvalue weighted by Gasteiger charge is -2.28. The van der Waals surface area contributed by atoms with Crippen LogP contribution in [0.4, 0.5) is 5.95 Å². The quantitative estimate of drug-likeness (QED) is 0.185. The van der Waals surface area contributed by atoms with Gasteiger partial charge in [0.2, 0.25) is 11.1 Å². The highest BCUT2D eigenvalue weighted by Crippen LogP contribution is 2.39. The van der Waals surface area contributed by atoms with Gasteiger partial charge in [-0.15, -0.1) is 5.10 Å². The number of thioether (sulfide) groups is 1. The van der Waals surface area contributed by atoms with Crippen molar-refractivity contribution < 1.29 is 19.0 Å². The maximum Gasteiger partial charge on any atom is 0.338 e. The lowest BCUT2D eigenvalue weighted by molar-refractivity contribution is -0.139. The van der Waals surface area contributed by atoms with Gasteiger partial charge in [0.1, 0.15) is 6.04 Å². The average molecular weight is 523 g/mol. The number of nitrogens with one attached hydrogen (secondary N) is 1. The number of unbranched alkanes of at least 4 members (excludes halogenated alkanes) is 1. The van der Waals surface area contributed by atoms with Gasteiger partial charge < -0.3 is 19.5 Å². The van der Waals surface area contributed by atoms with Gasteiger partial charge >= 0.3 is 5.97 Å². The SMILES string of the molecule is CCCCOC(=O)C1=C(C)Nc2nc(SCC)nn2C1c1ccc(OCCc2ccccc2)c(OC)c1. The molecule has 3 aromatic rings. The van der Waals surface area contributed by atoms with E-state index in [9.17, 15) is 4.79 Å². The zero-order valence-electron chi connectivity index (χ0n) is 21.8. The summed E-state index contributed by atoms with van der Waals surface area (Å²) < 4.78 is 19.1. The van der Waals surface area contributed by atoms with E-state index in [1.807, 2.05) is 43.3 Å². The summed E-state index contributed by atoms with van der Waals surface area (Å²) in [7, 11) is 1.61. The zero-order valence-corrected chi connectivity index (χ0v) is 22.6. The van der Waals surface area contributed by atoms with Crippen LogP contribution in [0.15, 0.2) is 65.0 Å². The van der Waals surface area contributed by atoms with E-state index in [0.717, 1.165) is 30.6 Å². The van der Waals surface area contributed by atoms with Gasteiger partial charge in [0.25, 0.3) is 0 Å². The number of hydrogen-bond donors (Lipinski definition) is 1. The van der Waals surface area contributed by atoms with Gasteiger partial charge in [-0.05, 0) is 42.4 Å². The second-order valence-electron chi connectivity index (χ2n) is 8.65. The molecule has 1 aliphatic rings. The third-order valence-corrected chi connectivity index (χ3v) is 6.77. The number of benzene rings is 2. The number of carbonyl (C=O) groups excluding carboxylic acids is 1. The second kappa shape index (κ2) is 12.7. The first-order chi connectivity index (χ1) is 18.0. The minimum absolute atomic E-state index is 0.364. The predicted octanol–water partition coefficient (Wildman–Crippen LogP) is 5.65. The van der Waals surface area contributed by atoms with Crippen LogP contribution >= 0.6 is 11.8 Å². The fourth-order valence-electron chi connectivity index (χ4n) is 4.18. The highest BCUT2D eigenvalue weighted by atomic mass is 32.2. The van der Waals surface area contributed by atoms with Crippen molar-refractivity contribution in [3.63, 3.8) is 0 Å². The third kappa shape index (κ3) is 6.28. The van der Waals surface area contributed by atoms with Crippen LogP contribution in [0, 0.1) is 0 Å². The molecule has 2 heterocycles. The zero-order chi connectivity index (χ0) is 26.2. The Morgan fingerprint density at radius 1 is 1.11 bits per heavy atom. The van der Waals surface area contributed by atoms with Gasteiger partial charge in [-0.1, -0.05) is 68.4 Å². The van der Waals surface area contributed by atoms with Crippen molar-refractivity contribution in [3.05, 3.63) is 70.9 Å². The molecule has 1 aliphatic heterocycles. The first-order valence-corrected chi connectivity index (χ1v) is 13.6. The number of hydrogen-bond acceptors (Lipinski definition) is 8. The number of ether oxygens (including phenoxy) is 3. The van der Waals surface area contributed by atoms with Gasteiger partial charge in [-0.3, -0.25) is 0 Å². The van der Waals surface area contributed by atoms with Crippen molar-refractivity contribution in [2.24, 2.45) is 0 Å². The molecule has 0 aliphatic carbocycles. The Kier molecular flexibility index (Phi) is 9.11. The molecule has 0 radical (unpaired) electrons. The van der Waals surface area contributed by atoms with Crippen LogP contribution in [0.3, 0.4) is 0 Å². The van der Waals surface area contributed by atoms with Crippen molar-refractivity contribution in [2.75, 3.05) is 31.4 Å². The highest BCUT2D eigenvalue weighted by Gasteiger charge is 2.35. The second-order valence-corrected chi connectivity index (χ2v) is 9.88. The Balaban J connectivity index is 1.64. The number of rotatable bonds is 12. The van der Waals surface area contributed by atoms with E-state index in [1.54, 1.807) is 23.6 Å². The summed E-state index contributed by atoms with van der Waals surface area (Å²) in [5.74, 6) is 2.30. The van der Waals surface area contributed by atoms with Crippen LogP contribution in [0.25, 0.3) is 0 Å². The van der Waals surface area contributed by atoms with Crippen molar-refractivity contribution in [1.29, 1.82) is 0 Å². The van der Waals surface area contributed by atoms with Crippen LogP contribution in [0.1, 0.15) is 50.8 Å². The van der Waals surface area contributed by atoms with Crippen molar-refractivity contribution >= 4 is 23.7 Å². The van der Waals surface area contributed by atoms with E-state index in [4.69, 9.17) is 19.3 Å². The lowest BCUT2D eigenvalue weighted by Crippen LogP contribution is -2.29. The molecule has 4 rings (SSSR count). The summed E-state index contributed by atoms with van der Waals surface area (Å²) >= 11 is 1.55. The molecule has 196 valence electrons. The Morgan fingerprint density at radius 2 is 1.92 bits per heavy atom. The van der Waals surface area contributed by atoms with Crippen molar-refractivity contribution in [2.45, 2.75) is 51.2 Å². The van der Waals surface area contributed by atoms with Gasteiger partial charge in [0.05, 0.1) is 25.9 Å². The number of allylic oxidation sites excluding steroid dienone is 1. The minimum Gasteiger partial charge on any atom is -0.493 e. The molecular weight excluding hydrogens is 488 g/mol. The molecule has 0 amide bonds. The van der Waals surface area contributed by atoms with Gasteiger partial charge in [0, 0.05) is 12.1 Å². The highest BCUT2D eigenvalue weighted by molar-refractivity contribution is 7.99. The number of esters is 1. The van der Waals surface area contributed by atoms with Crippen LogP contribution in [0.5, 0.6) is 11.5 Å². The van der Waals surface area contributed by atoms with E-state index < -0.39 is 6.04 Å². The number of carbonyl (C=O) groups is 1. The number of methoxy groups -OCH3 is 1. The molecule has 1 aromatic heterocycles. The maximum atomic E-state index is 13.3. The number of anilines is 1. The molecule has 1 unspecified atom stereocenters. The molecule has 8 nitrogen and oxygen atoms in total. The van der Waals surface area contributed by atoms with E-state index >= 15 is 0 Å². The summed E-state index contributed by atoms with van der Waals surface area (Å²) in [5.41, 5.74) is 3.23. The molecule has 0 saturated heterocycles. The lowest BCUT2D eigenvalue weighted by atomic mass is 9.95. The predicted molar refractivity (Wildman–Crippen MR) is 145 cm³/mol. The number of fused-ring (bicyclic) bond motifs is 1. The molecule has 37 heavy (non-hydrogen) atoms. The fourth-order valence-corrected chi connectivity index (χ4v) is 4.73. The van der Waals surface area contributed by atoms with Gasteiger partial charge in [-0.2, -0.15) is 4.98 Å². The molecule has 9 heteroatoms. The standard InChI is InChI=1S/C28H34N4O4S/c1-5-7-16-36-26(33)24-19(3)29-27-30-28(37-6-2)31-32(27)25(24)21-13-14-22(23(18-21)34-4)35-17-15-20-11-9-8-10-12-20/h8-14,18,25H,5-7,15-17H2,1-4H3,(H,29,30,31). The Hall–Kier alpha value is -3.46. The van der Waals surface area contributed by atoms with E-state index in [-0.39, 0.29) is 5.97 Å². The minimum atomic E-state index is -0.517. The topological polar surface area (TPSA) is 87.5 Å². The Labute approximate surface area is 222 Å². The Morgan fingerprint density at radius 3 is 2.65 bits per heavy atom. The monoisotopic (exact) mass is 522 g/mol. The van der Waals surface area contributed by atoms with Gasteiger partial charge in [0.15, 0.2) is 11.5 Å². The van der Waals surface area contributed by atoms with Crippen molar-refractivity contribution in [1.82, 2.24) is 14.8 Å². The van der Waals surface area contributed by atoms with E-state index in [1.165, 1.54) is 5.56 Å². The van der Waals surface area contributed by atoms with Crippen molar-refractivity contribution in [3.8, 4) is 11.5 Å². The smallest absolute Gasteiger partial charge is 0.338 e. The van der Waals surface area contributed by atoms with Gasteiger partial charge in [-0.25, -0.2) is 9.48 Å². The molecule has 0 fully saturated rings. The molecular formula is C28H34N4O4S. The summed E-state index contributed by atoms with van der Waals surface area (Å²) in [6.07, 6.45) is 2.54. The largest absolute Gasteiger partial charge is 0.493 e. The first kappa shape index (κ1) is 26.6. The van der Waals surface area contributed by atoms with Crippen LogP contribution in [0.2, 0.25) is 0 Å². The normalized spacial score (nSPS) is 14.6. The summed E-state index contributed by atoms with van der Waals surface area (Å²) in [5, 5.41) is 8.61. The van der Waals surface area contributed by atoms with Crippen LogP contribution < -0.4 is 14.8 Å². The Bertz CT molecular complexity index is 1240. The van der Waals surface area contributed by atoms with E-state index in [0.29, 0.717) is 47.1 Å². The number of nitrogens with zero attached hydrogens (tertiary/aromatic N) is 3. The van der Waals surface area contributed by atoms with Crippen LogP contribution in [-0.4, -0.2) is 46.8 Å². The maximum absolute atomic E-state index is 13.3. The summed E-state index contributed by atoms with van der Waals surface area (Å²) in [6, 6.07) is 15.4. The van der Waals surface area contributed by atoms with E-state index in [2.05, 4.69) is 36.3 Å². The molecule has 1 N–H and O–H groups in total. The van der Waals surface area contributed by atoms with Crippen LogP contribution in [-0.2, 0) is 16.0 Å². The summed E-state index contributed by atoms with van der Waals surface area (Å²) in [4.78, 5) is 17.9. The molecule has 1 atom stereocenters. The number of aromatic nitrogens is 3. The summed E-state index contributed by atoms with van der Waals surface area (Å²) in [6.45, 7) is 6.88. The molecule has 0 spiro atoms. The third-order valence-electron chi connectivity index (χ3n) is 6.05. The molecule has 0 bridgehead atoms. The molecule has 0 saturated carbocycles. The first-order valence-electron chi connectivity index (χ1n) is 12.6. The fraction of sp³-hybridized carbons (Fsp3) is 0.393. The average Bonchev–Trinajstić information content (AvgIpc) is 3.30. The molecule has 2 aromatic carbocycles.